The van der Waals surface area contributed by atoms with Gasteiger partial charge in [-0.25, -0.2) is 0 Å². The molecule has 1 aromatic heterocycles. The van der Waals surface area contributed by atoms with Crippen molar-refractivity contribution in [2.24, 2.45) is 5.41 Å². The summed E-state index contributed by atoms with van der Waals surface area (Å²) >= 11 is 0. The Morgan fingerprint density at radius 2 is 1.97 bits per heavy atom. The molecule has 1 atom stereocenters. The van der Waals surface area contributed by atoms with Crippen LogP contribution >= 0.6 is 0 Å². The molecule has 30 heavy (non-hydrogen) atoms. The summed E-state index contributed by atoms with van der Waals surface area (Å²) in [5.74, 6) is 1.44. The zero-order valence-corrected chi connectivity index (χ0v) is 17.0. The van der Waals surface area contributed by atoms with E-state index in [1.165, 1.54) is 0 Å². The van der Waals surface area contributed by atoms with Gasteiger partial charge in [-0.2, -0.15) is 4.68 Å². The van der Waals surface area contributed by atoms with Crippen LogP contribution in [-0.2, 0) is 11.4 Å². The minimum Gasteiger partial charge on any atom is -0.489 e. The number of nitrogens with zero attached hydrogens (tertiary/aromatic N) is 4. The smallest absolute Gasteiger partial charge is 0.248 e. The first-order valence-corrected chi connectivity index (χ1v) is 10.1. The van der Waals surface area contributed by atoms with Gasteiger partial charge in [0.1, 0.15) is 18.4 Å². The highest BCUT2D eigenvalue weighted by molar-refractivity contribution is 6.00. The number of carbonyl (C=O) groups is 1. The summed E-state index contributed by atoms with van der Waals surface area (Å²) in [6, 6.07) is 17.5. The van der Waals surface area contributed by atoms with Crippen molar-refractivity contribution >= 4 is 11.7 Å². The number of ketones is 1. The largest absolute Gasteiger partial charge is 0.489 e. The molecule has 2 heterocycles. The van der Waals surface area contributed by atoms with Gasteiger partial charge in [0.05, 0.1) is 0 Å². The van der Waals surface area contributed by atoms with Gasteiger partial charge in [0.2, 0.25) is 5.95 Å². The Bertz CT molecular complexity index is 1130. The average molecular weight is 401 g/mol. The molecule has 5 rings (SSSR count). The maximum absolute atomic E-state index is 13.1. The van der Waals surface area contributed by atoms with Crippen molar-refractivity contribution in [1.29, 1.82) is 0 Å². The molecule has 7 nitrogen and oxygen atoms in total. The van der Waals surface area contributed by atoms with Gasteiger partial charge >= 0.3 is 0 Å². The Morgan fingerprint density at radius 1 is 1.13 bits per heavy atom. The normalized spacial score (nSPS) is 19.7. The molecule has 3 aromatic rings. The highest BCUT2D eigenvalue weighted by atomic mass is 16.5. The molecule has 0 fully saturated rings. The minimum absolute atomic E-state index is 0.0935. The molecule has 2 aliphatic rings. The molecule has 7 heteroatoms. The number of carbonyl (C=O) groups excluding carboxylic acids is 1. The highest BCUT2D eigenvalue weighted by Crippen LogP contribution is 2.45. The zero-order valence-electron chi connectivity index (χ0n) is 17.0. The van der Waals surface area contributed by atoms with Crippen molar-refractivity contribution < 1.29 is 9.53 Å². The third kappa shape index (κ3) is 3.36. The second-order valence-electron chi connectivity index (χ2n) is 8.65. The lowest BCUT2D eigenvalue weighted by atomic mass is 9.73. The molecule has 0 unspecified atom stereocenters. The Morgan fingerprint density at radius 3 is 2.80 bits per heavy atom. The molecule has 0 radical (unpaired) electrons. The van der Waals surface area contributed by atoms with Gasteiger partial charge in [-0.05, 0) is 45.5 Å². The Hall–Kier alpha value is -3.48. The van der Waals surface area contributed by atoms with E-state index in [9.17, 15) is 4.79 Å². The molecule has 1 aliphatic heterocycles. The maximum Gasteiger partial charge on any atom is 0.248 e. The maximum atomic E-state index is 13.1. The number of tetrazole rings is 1. The summed E-state index contributed by atoms with van der Waals surface area (Å²) in [6.45, 7) is 4.70. The average Bonchev–Trinajstić information content (AvgIpc) is 3.19. The first kappa shape index (κ1) is 18.5. The number of Topliss-reactive ketones (excluding diaryl/α,β-unsaturated/α-hetero) is 1. The van der Waals surface area contributed by atoms with Crippen LogP contribution in [0.1, 0.15) is 43.9 Å². The fourth-order valence-electron chi connectivity index (χ4n) is 4.29. The molecule has 1 aliphatic carbocycles. The molecule has 0 saturated carbocycles. The van der Waals surface area contributed by atoms with Crippen LogP contribution in [0.4, 0.5) is 5.95 Å². The molecule has 1 N–H and O–H groups in total. The minimum atomic E-state index is -0.366. The Kier molecular flexibility index (Phi) is 4.38. The van der Waals surface area contributed by atoms with Crippen LogP contribution in [0.5, 0.6) is 5.75 Å². The van der Waals surface area contributed by atoms with Crippen LogP contribution in [0.15, 0.2) is 65.9 Å². The van der Waals surface area contributed by atoms with Crippen molar-refractivity contribution in [1.82, 2.24) is 20.2 Å². The van der Waals surface area contributed by atoms with Crippen molar-refractivity contribution in [2.75, 3.05) is 5.32 Å². The lowest BCUT2D eigenvalue weighted by Crippen LogP contribution is -2.36. The van der Waals surface area contributed by atoms with E-state index in [4.69, 9.17) is 4.74 Å². The third-order valence-corrected chi connectivity index (χ3v) is 5.62. The first-order chi connectivity index (χ1) is 14.5. The van der Waals surface area contributed by atoms with Crippen LogP contribution in [0, 0.1) is 5.41 Å². The monoisotopic (exact) mass is 401 g/mol. The van der Waals surface area contributed by atoms with E-state index in [2.05, 4.69) is 34.7 Å². The predicted molar refractivity (Wildman–Crippen MR) is 112 cm³/mol. The van der Waals surface area contributed by atoms with Crippen LogP contribution in [0.2, 0.25) is 0 Å². The van der Waals surface area contributed by atoms with E-state index in [1.807, 2.05) is 54.6 Å². The molecule has 152 valence electrons. The SMILES string of the molecule is CC1(C)CC(=O)C2=C(C1)Nc1nnnn1[C@@H]2c1cccc(OCc2ccccc2)c1. The Labute approximate surface area is 174 Å². The predicted octanol–water partition coefficient (Wildman–Crippen LogP) is 3.91. The molecular formula is C23H23N5O2. The van der Waals surface area contributed by atoms with Crippen molar-refractivity contribution in [3.05, 3.63) is 77.0 Å². The number of anilines is 1. The van der Waals surface area contributed by atoms with Gasteiger partial charge in [0.15, 0.2) is 5.78 Å². The van der Waals surface area contributed by atoms with E-state index in [-0.39, 0.29) is 17.2 Å². The van der Waals surface area contributed by atoms with E-state index >= 15 is 0 Å². The van der Waals surface area contributed by atoms with Crippen molar-refractivity contribution in [3.63, 3.8) is 0 Å². The van der Waals surface area contributed by atoms with Crippen LogP contribution < -0.4 is 10.1 Å². The summed E-state index contributed by atoms with van der Waals surface area (Å²) in [4.78, 5) is 13.1. The fraction of sp³-hybridized carbons (Fsp3) is 0.304. The second-order valence-corrected chi connectivity index (χ2v) is 8.65. The molecule has 0 bridgehead atoms. The lowest BCUT2D eigenvalue weighted by Gasteiger charge is -2.37. The summed E-state index contributed by atoms with van der Waals surface area (Å²) in [5, 5.41) is 15.4. The number of aromatic nitrogens is 4. The van der Waals surface area contributed by atoms with Crippen LogP contribution in [0.3, 0.4) is 0 Å². The zero-order chi connectivity index (χ0) is 20.7. The van der Waals surface area contributed by atoms with E-state index in [1.54, 1.807) is 4.68 Å². The van der Waals surface area contributed by atoms with Crippen molar-refractivity contribution in [3.8, 4) is 5.75 Å². The number of rotatable bonds is 4. The first-order valence-electron chi connectivity index (χ1n) is 10.1. The van der Waals surface area contributed by atoms with Gasteiger partial charge < -0.3 is 10.1 Å². The molecule has 0 saturated heterocycles. The van der Waals surface area contributed by atoms with E-state index in [0.717, 1.165) is 34.6 Å². The summed E-state index contributed by atoms with van der Waals surface area (Å²) in [6.07, 6.45) is 1.29. The number of benzene rings is 2. The topological polar surface area (TPSA) is 81.9 Å². The van der Waals surface area contributed by atoms with E-state index < -0.39 is 0 Å². The number of fused-ring (bicyclic) bond motifs is 1. The molecule has 2 aromatic carbocycles. The van der Waals surface area contributed by atoms with Crippen LogP contribution in [-0.4, -0.2) is 26.0 Å². The molecule has 0 amide bonds. The van der Waals surface area contributed by atoms with Gasteiger partial charge in [0.25, 0.3) is 0 Å². The van der Waals surface area contributed by atoms with Crippen molar-refractivity contribution in [2.45, 2.75) is 39.3 Å². The third-order valence-electron chi connectivity index (χ3n) is 5.62. The van der Waals surface area contributed by atoms with Gasteiger partial charge in [-0.1, -0.05) is 61.4 Å². The number of nitrogens with one attached hydrogen (secondary N) is 1. The fourth-order valence-corrected chi connectivity index (χ4v) is 4.29. The van der Waals surface area contributed by atoms with E-state index in [0.29, 0.717) is 19.0 Å². The quantitative estimate of drug-likeness (QED) is 0.714. The number of hydrogen-bond donors (Lipinski definition) is 1. The standard InChI is InChI=1S/C23H23N5O2/c1-23(2)12-18-20(19(29)13-23)21(28-22(24-18)25-26-27-28)16-9-6-10-17(11-16)30-14-15-7-4-3-5-8-15/h3-11,21H,12-14H2,1-2H3,(H,24,25,27)/t21-/m1/s1. The van der Waals surface area contributed by atoms with Gasteiger partial charge in [-0.15, -0.1) is 0 Å². The lowest BCUT2D eigenvalue weighted by molar-refractivity contribution is -0.118. The molecule has 0 spiro atoms. The number of allylic oxidation sites excluding steroid dienone is 2. The number of ether oxygens (including phenoxy) is 1. The van der Waals surface area contributed by atoms with Gasteiger partial charge in [0, 0.05) is 17.7 Å². The molecular weight excluding hydrogens is 378 g/mol. The summed E-state index contributed by atoms with van der Waals surface area (Å²) in [5.41, 5.74) is 3.59. The summed E-state index contributed by atoms with van der Waals surface area (Å²) in [7, 11) is 0. The van der Waals surface area contributed by atoms with Crippen LogP contribution in [0.25, 0.3) is 0 Å². The van der Waals surface area contributed by atoms with Gasteiger partial charge in [-0.3, -0.25) is 4.79 Å². The second kappa shape index (κ2) is 7.09. The summed E-state index contributed by atoms with van der Waals surface area (Å²) < 4.78 is 7.70. The number of hydrogen-bond acceptors (Lipinski definition) is 6. The highest BCUT2D eigenvalue weighted by Gasteiger charge is 2.41. The Balaban J connectivity index is 1.51.